The van der Waals surface area contributed by atoms with Crippen LogP contribution in [0.1, 0.15) is 33.1 Å². The Balaban J connectivity index is 2.56. The number of ketones is 1. The van der Waals surface area contributed by atoms with E-state index in [2.05, 4.69) is 6.92 Å². The van der Waals surface area contributed by atoms with E-state index in [1.54, 1.807) is 6.92 Å². The lowest BCUT2D eigenvalue weighted by atomic mass is 9.95. The van der Waals surface area contributed by atoms with Crippen LogP contribution in [0.25, 0.3) is 0 Å². The van der Waals surface area contributed by atoms with E-state index < -0.39 is 5.60 Å². The molecule has 0 aromatic carbocycles. The Morgan fingerprint density at radius 1 is 1.62 bits per heavy atom. The van der Waals surface area contributed by atoms with Gasteiger partial charge in [-0.05, 0) is 31.9 Å². The highest BCUT2D eigenvalue weighted by atomic mass is 32.2. The van der Waals surface area contributed by atoms with Gasteiger partial charge in [-0.2, -0.15) is 11.8 Å². The molecule has 1 heterocycles. The SMILES string of the molecule is CCCOC1(C(C)=O)CCCSC1. The molecule has 1 atom stereocenters. The zero-order chi connectivity index (χ0) is 9.73. The molecular weight excluding hydrogens is 184 g/mol. The van der Waals surface area contributed by atoms with E-state index in [0.29, 0.717) is 6.61 Å². The van der Waals surface area contributed by atoms with Crippen LogP contribution in [0.3, 0.4) is 0 Å². The molecule has 1 saturated heterocycles. The number of carbonyl (C=O) groups is 1. The summed E-state index contributed by atoms with van der Waals surface area (Å²) in [6.45, 7) is 4.44. The number of thioether (sulfide) groups is 1. The maximum Gasteiger partial charge on any atom is 0.162 e. The third-order valence-corrected chi connectivity index (χ3v) is 3.68. The Hall–Kier alpha value is -0.0200. The Morgan fingerprint density at radius 3 is 2.85 bits per heavy atom. The topological polar surface area (TPSA) is 26.3 Å². The molecule has 1 aliphatic heterocycles. The van der Waals surface area contributed by atoms with Gasteiger partial charge in [-0.1, -0.05) is 6.92 Å². The van der Waals surface area contributed by atoms with Crippen molar-refractivity contribution in [2.24, 2.45) is 0 Å². The van der Waals surface area contributed by atoms with Crippen molar-refractivity contribution in [2.45, 2.75) is 38.7 Å². The summed E-state index contributed by atoms with van der Waals surface area (Å²) in [5, 5.41) is 0. The molecule has 1 unspecified atom stereocenters. The lowest BCUT2D eigenvalue weighted by Gasteiger charge is -2.34. The molecule has 1 aliphatic rings. The summed E-state index contributed by atoms with van der Waals surface area (Å²) in [6.07, 6.45) is 3.00. The highest BCUT2D eigenvalue weighted by Crippen LogP contribution is 2.31. The molecule has 0 amide bonds. The number of hydrogen-bond donors (Lipinski definition) is 0. The number of carbonyl (C=O) groups excluding carboxylic acids is 1. The van der Waals surface area contributed by atoms with Gasteiger partial charge in [-0.15, -0.1) is 0 Å². The maximum atomic E-state index is 11.5. The van der Waals surface area contributed by atoms with Crippen molar-refractivity contribution < 1.29 is 9.53 Å². The molecule has 0 saturated carbocycles. The van der Waals surface area contributed by atoms with Gasteiger partial charge in [-0.3, -0.25) is 4.79 Å². The van der Waals surface area contributed by atoms with Crippen molar-refractivity contribution in [3.05, 3.63) is 0 Å². The molecule has 0 radical (unpaired) electrons. The summed E-state index contributed by atoms with van der Waals surface area (Å²) in [5.41, 5.74) is -0.446. The van der Waals surface area contributed by atoms with E-state index in [1.807, 2.05) is 11.8 Å². The molecular formula is C10H18O2S. The highest BCUT2D eigenvalue weighted by Gasteiger charge is 2.37. The predicted molar refractivity (Wildman–Crippen MR) is 56.2 cm³/mol. The molecule has 2 nitrogen and oxygen atoms in total. The average molecular weight is 202 g/mol. The molecule has 0 aliphatic carbocycles. The van der Waals surface area contributed by atoms with Crippen LogP contribution in [0, 0.1) is 0 Å². The molecule has 0 aromatic heterocycles. The predicted octanol–water partition coefficient (Wildman–Crippen LogP) is 2.27. The van der Waals surface area contributed by atoms with Crippen molar-refractivity contribution >= 4 is 17.5 Å². The van der Waals surface area contributed by atoms with Gasteiger partial charge in [0.2, 0.25) is 0 Å². The monoisotopic (exact) mass is 202 g/mol. The lowest BCUT2D eigenvalue weighted by molar-refractivity contribution is -0.140. The minimum absolute atomic E-state index is 0.202. The normalized spacial score (nSPS) is 28.8. The first-order valence-corrected chi connectivity index (χ1v) is 6.09. The van der Waals surface area contributed by atoms with Crippen LogP contribution in [0.5, 0.6) is 0 Å². The van der Waals surface area contributed by atoms with Crippen LogP contribution in [-0.2, 0) is 9.53 Å². The Labute approximate surface area is 84.4 Å². The summed E-state index contributed by atoms with van der Waals surface area (Å²) in [5.74, 6) is 2.22. The zero-order valence-electron chi connectivity index (χ0n) is 8.47. The van der Waals surface area contributed by atoms with Crippen molar-refractivity contribution in [3.63, 3.8) is 0 Å². The number of hydrogen-bond acceptors (Lipinski definition) is 3. The molecule has 3 heteroatoms. The van der Waals surface area contributed by atoms with Gasteiger partial charge in [0, 0.05) is 12.4 Å². The summed E-state index contributed by atoms with van der Waals surface area (Å²) in [7, 11) is 0. The van der Waals surface area contributed by atoms with E-state index in [-0.39, 0.29) is 5.78 Å². The molecule has 0 bridgehead atoms. The summed E-state index contributed by atoms with van der Waals surface area (Å²) < 4.78 is 5.71. The molecule has 1 rings (SSSR count). The van der Waals surface area contributed by atoms with Gasteiger partial charge in [0.05, 0.1) is 0 Å². The van der Waals surface area contributed by atoms with Gasteiger partial charge in [-0.25, -0.2) is 0 Å². The van der Waals surface area contributed by atoms with E-state index in [9.17, 15) is 4.79 Å². The average Bonchev–Trinajstić information content (AvgIpc) is 2.16. The third kappa shape index (κ3) is 2.71. The van der Waals surface area contributed by atoms with E-state index >= 15 is 0 Å². The molecule has 1 fully saturated rings. The van der Waals surface area contributed by atoms with Crippen LogP contribution in [0.2, 0.25) is 0 Å². The van der Waals surface area contributed by atoms with Gasteiger partial charge in [0.1, 0.15) is 5.60 Å². The number of rotatable bonds is 4. The smallest absolute Gasteiger partial charge is 0.162 e. The lowest BCUT2D eigenvalue weighted by Crippen LogP contribution is -2.45. The van der Waals surface area contributed by atoms with Crippen molar-refractivity contribution in [3.8, 4) is 0 Å². The van der Waals surface area contributed by atoms with Crippen LogP contribution < -0.4 is 0 Å². The molecule has 0 spiro atoms. The first-order valence-electron chi connectivity index (χ1n) is 4.94. The van der Waals surface area contributed by atoms with Crippen LogP contribution in [0.15, 0.2) is 0 Å². The second-order valence-electron chi connectivity index (χ2n) is 3.56. The maximum absolute atomic E-state index is 11.5. The Morgan fingerprint density at radius 2 is 2.38 bits per heavy atom. The summed E-state index contributed by atoms with van der Waals surface area (Å²) in [6, 6.07) is 0. The van der Waals surface area contributed by atoms with E-state index in [4.69, 9.17) is 4.74 Å². The standard InChI is InChI=1S/C10H18O2S/c1-3-6-12-10(9(2)11)5-4-7-13-8-10/h3-8H2,1-2H3. The number of ether oxygens (including phenoxy) is 1. The van der Waals surface area contributed by atoms with Gasteiger partial charge < -0.3 is 4.74 Å². The van der Waals surface area contributed by atoms with E-state index in [1.165, 1.54) is 5.75 Å². The van der Waals surface area contributed by atoms with Crippen LogP contribution in [-0.4, -0.2) is 29.5 Å². The van der Waals surface area contributed by atoms with Crippen LogP contribution in [0.4, 0.5) is 0 Å². The summed E-state index contributed by atoms with van der Waals surface area (Å²) >= 11 is 1.83. The van der Waals surface area contributed by atoms with E-state index in [0.717, 1.165) is 25.0 Å². The minimum atomic E-state index is -0.446. The van der Waals surface area contributed by atoms with Crippen molar-refractivity contribution in [1.29, 1.82) is 0 Å². The van der Waals surface area contributed by atoms with Crippen LogP contribution >= 0.6 is 11.8 Å². The first kappa shape index (κ1) is 11.1. The second kappa shape index (κ2) is 5.01. The largest absolute Gasteiger partial charge is 0.366 e. The molecule has 0 aromatic rings. The fraction of sp³-hybridized carbons (Fsp3) is 0.900. The van der Waals surface area contributed by atoms with Gasteiger partial charge in [0.25, 0.3) is 0 Å². The fourth-order valence-electron chi connectivity index (χ4n) is 1.56. The second-order valence-corrected chi connectivity index (χ2v) is 4.66. The first-order chi connectivity index (χ1) is 6.21. The fourth-order valence-corrected chi connectivity index (χ4v) is 2.81. The Kier molecular flexibility index (Phi) is 4.26. The zero-order valence-corrected chi connectivity index (χ0v) is 9.28. The summed E-state index contributed by atoms with van der Waals surface area (Å²) in [4.78, 5) is 11.5. The van der Waals surface area contributed by atoms with Gasteiger partial charge >= 0.3 is 0 Å². The van der Waals surface area contributed by atoms with Crippen molar-refractivity contribution in [1.82, 2.24) is 0 Å². The third-order valence-electron chi connectivity index (χ3n) is 2.43. The Bertz CT molecular complexity index is 174. The number of Topliss-reactive ketones (excluding diaryl/α,β-unsaturated/α-hetero) is 1. The molecule has 13 heavy (non-hydrogen) atoms. The van der Waals surface area contributed by atoms with Crippen molar-refractivity contribution in [2.75, 3.05) is 18.1 Å². The molecule has 0 N–H and O–H groups in total. The molecule has 76 valence electrons. The highest BCUT2D eigenvalue weighted by molar-refractivity contribution is 7.99. The minimum Gasteiger partial charge on any atom is -0.366 e. The quantitative estimate of drug-likeness (QED) is 0.699. The van der Waals surface area contributed by atoms with Gasteiger partial charge in [0.15, 0.2) is 5.78 Å².